The third-order valence-electron chi connectivity index (χ3n) is 7.72. The van der Waals surface area contributed by atoms with E-state index in [1.54, 1.807) is 37.4 Å². The third-order valence-corrected chi connectivity index (χ3v) is 7.72. The first-order valence-electron chi connectivity index (χ1n) is 13.1. The molecule has 0 aromatic heterocycles. The fraction of sp³-hybridized carbons (Fsp3) is 0.406. The van der Waals surface area contributed by atoms with Gasteiger partial charge in [0.15, 0.2) is 11.6 Å². The van der Waals surface area contributed by atoms with Crippen molar-refractivity contribution < 1.29 is 28.2 Å². The lowest BCUT2D eigenvalue weighted by Gasteiger charge is -2.30. The second-order valence-corrected chi connectivity index (χ2v) is 11.3. The first-order valence-corrected chi connectivity index (χ1v) is 13.1. The van der Waals surface area contributed by atoms with Crippen LogP contribution in [0.15, 0.2) is 54.6 Å². The summed E-state index contributed by atoms with van der Waals surface area (Å²) in [5.41, 5.74) is 3.35. The Morgan fingerprint density at radius 1 is 1.03 bits per heavy atom. The Labute approximate surface area is 223 Å². The van der Waals surface area contributed by atoms with Gasteiger partial charge in [-0.05, 0) is 76.6 Å². The van der Waals surface area contributed by atoms with Crippen LogP contribution in [0.5, 0.6) is 11.5 Å². The summed E-state index contributed by atoms with van der Waals surface area (Å²) < 4.78 is 41.6. The molecular formula is C32H36F2O4. The molecule has 4 rings (SSSR count). The van der Waals surface area contributed by atoms with Gasteiger partial charge in [-0.25, -0.2) is 8.78 Å². The molecule has 0 spiro atoms. The van der Waals surface area contributed by atoms with Crippen molar-refractivity contribution in [2.75, 3.05) is 7.11 Å². The molecule has 38 heavy (non-hydrogen) atoms. The van der Waals surface area contributed by atoms with E-state index in [1.165, 1.54) is 6.07 Å². The maximum Gasteiger partial charge on any atom is 0.303 e. The van der Waals surface area contributed by atoms with Crippen molar-refractivity contribution in [2.45, 2.75) is 65.4 Å². The first kappa shape index (κ1) is 27.6. The zero-order valence-electron chi connectivity index (χ0n) is 22.7. The topological polar surface area (TPSA) is 55.8 Å². The summed E-state index contributed by atoms with van der Waals surface area (Å²) in [5.74, 6) is -1.15. The maximum absolute atomic E-state index is 15.5. The summed E-state index contributed by atoms with van der Waals surface area (Å²) in [6.45, 7) is 8.66. The van der Waals surface area contributed by atoms with Gasteiger partial charge < -0.3 is 14.6 Å². The molecule has 0 radical (unpaired) electrons. The van der Waals surface area contributed by atoms with Crippen molar-refractivity contribution in [3.05, 3.63) is 82.9 Å². The Bertz CT molecular complexity index is 1310. The lowest BCUT2D eigenvalue weighted by atomic mass is 9.75. The van der Waals surface area contributed by atoms with Crippen molar-refractivity contribution in [1.82, 2.24) is 0 Å². The number of benzene rings is 3. The quantitative estimate of drug-likeness (QED) is 0.291. The summed E-state index contributed by atoms with van der Waals surface area (Å²) in [4.78, 5) is 11.4. The number of carbonyl (C=O) groups is 1. The van der Waals surface area contributed by atoms with Gasteiger partial charge in [-0.1, -0.05) is 58.0 Å². The Hall–Kier alpha value is -3.41. The molecule has 1 fully saturated rings. The molecule has 2 atom stereocenters. The van der Waals surface area contributed by atoms with E-state index < -0.39 is 11.8 Å². The normalized spacial score (nSPS) is 15.1. The van der Waals surface area contributed by atoms with Crippen LogP contribution in [0.2, 0.25) is 0 Å². The average Bonchev–Trinajstić information content (AvgIpc) is 3.71. The Kier molecular flexibility index (Phi) is 8.10. The number of ether oxygens (including phenoxy) is 2. The number of carboxylic acids is 1. The molecule has 0 aliphatic heterocycles. The van der Waals surface area contributed by atoms with Crippen LogP contribution in [0, 0.1) is 23.0 Å². The van der Waals surface area contributed by atoms with Gasteiger partial charge >= 0.3 is 5.97 Å². The first-order chi connectivity index (χ1) is 18.0. The van der Waals surface area contributed by atoms with Crippen LogP contribution in [-0.4, -0.2) is 18.2 Å². The van der Waals surface area contributed by atoms with E-state index in [0.29, 0.717) is 16.9 Å². The third kappa shape index (κ3) is 6.17. The molecule has 3 aromatic rings. The standard InChI is InChI=1S/C32H36F2O4/c1-19(32(2,3)4)25-15-20(9-13-23(25)27-16-22(37-5)12-14-28(27)33)18-38-29-8-6-7-24(31(29)34)26(17-30(35)36)21-10-11-21/h6-9,12-16,19,21,26H,10-11,17-18H2,1-5H3,(H,35,36)/t19-,26-/m0/s1. The smallest absolute Gasteiger partial charge is 0.303 e. The zero-order chi connectivity index (χ0) is 27.6. The molecule has 4 nitrogen and oxygen atoms in total. The molecule has 1 N–H and O–H groups in total. The highest BCUT2D eigenvalue weighted by molar-refractivity contribution is 5.71. The van der Waals surface area contributed by atoms with Crippen LogP contribution in [0.1, 0.15) is 75.5 Å². The zero-order valence-corrected chi connectivity index (χ0v) is 22.7. The highest BCUT2D eigenvalue weighted by Gasteiger charge is 2.36. The minimum Gasteiger partial charge on any atom is -0.497 e. The number of halogens is 2. The molecule has 3 aromatic carbocycles. The predicted molar refractivity (Wildman–Crippen MR) is 145 cm³/mol. The monoisotopic (exact) mass is 522 g/mol. The minimum absolute atomic E-state index is 0.0819. The van der Waals surface area contributed by atoms with Gasteiger partial charge in [0.25, 0.3) is 0 Å². The Morgan fingerprint density at radius 2 is 1.76 bits per heavy atom. The van der Waals surface area contributed by atoms with Crippen molar-refractivity contribution in [1.29, 1.82) is 0 Å². The van der Waals surface area contributed by atoms with Crippen LogP contribution >= 0.6 is 0 Å². The molecule has 202 valence electrons. The number of rotatable bonds is 10. The summed E-state index contributed by atoms with van der Waals surface area (Å²) in [6, 6.07) is 15.4. The molecule has 0 saturated heterocycles. The SMILES string of the molecule is COc1ccc(F)c(-c2ccc(COc3cccc([C@@H](CC(=O)O)C4CC4)c3F)cc2[C@H](C)C(C)(C)C)c1. The molecule has 0 bridgehead atoms. The second-order valence-electron chi connectivity index (χ2n) is 11.3. The lowest BCUT2D eigenvalue weighted by molar-refractivity contribution is -0.137. The molecule has 0 heterocycles. The maximum atomic E-state index is 15.5. The Morgan fingerprint density at radius 3 is 2.39 bits per heavy atom. The molecule has 0 amide bonds. The summed E-state index contributed by atoms with van der Waals surface area (Å²) >= 11 is 0. The van der Waals surface area contributed by atoms with Gasteiger partial charge in [0.05, 0.1) is 13.5 Å². The molecular weight excluding hydrogens is 486 g/mol. The van der Waals surface area contributed by atoms with Gasteiger partial charge in [0.1, 0.15) is 18.2 Å². The number of methoxy groups -OCH3 is 1. The van der Waals surface area contributed by atoms with Crippen LogP contribution in [0.4, 0.5) is 8.78 Å². The Balaban J connectivity index is 1.65. The summed E-state index contributed by atoms with van der Waals surface area (Å²) in [6.07, 6.45) is 1.73. The highest BCUT2D eigenvalue weighted by atomic mass is 19.1. The van der Waals surface area contributed by atoms with E-state index in [4.69, 9.17) is 9.47 Å². The number of aliphatic carboxylic acids is 1. The number of hydrogen-bond acceptors (Lipinski definition) is 3. The lowest BCUT2D eigenvalue weighted by Crippen LogP contribution is -2.17. The summed E-state index contributed by atoms with van der Waals surface area (Å²) in [5, 5.41) is 9.33. The minimum atomic E-state index is -0.930. The second kappa shape index (κ2) is 11.1. The molecule has 6 heteroatoms. The van der Waals surface area contributed by atoms with Gasteiger partial charge in [0, 0.05) is 11.5 Å². The van der Waals surface area contributed by atoms with E-state index in [1.807, 2.05) is 18.2 Å². The van der Waals surface area contributed by atoms with Gasteiger partial charge in [0.2, 0.25) is 0 Å². The molecule has 1 aliphatic carbocycles. The van der Waals surface area contributed by atoms with E-state index in [0.717, 1.165) is 29.5 Å². The average molecular weight is 523 g/mol. The van der Waals surface area contributed by atoms with Crippen LogP contribution < -0.4 is 9.47 Å². The van der Waals surface area contributed by atoms with Crippen molar-refractivity contribution >= 4 is 5.97 Å². The van der Waals surface area contributed by atoms with Crippen molar-refractivity contribution in [2.24, 2.45) is 11.3 Å². The van der Waals surface area contributed by atoms with Gasteiger partial charge in [-0.3, -0.25) is 4.79 Å². The van der Waals surface area contributed by atoms with Crippen LogP contribution in [-0.2, 0) is 11.4 Å². The van der Waals surface area contributed by atoms with Crippen LogP contribution in [0.25, 0.3) is 11.1 Å². The van der Waals surface area contributed by atoms with Crippen molar-refractivity contribution in [3.8, 4) is 22.6 Å². The number of hydrogen-bond donors (Lipinski definition) is 1. The van der Waals surface area contributed by atoms with E-state index in [2.05, 4.69) is 27.7 Å². The molecule has 0 unspecified atom stereocenters. The fourth-order valence-corrected chi connectivity index (χ4v) is 4.91. The molecule has 1 saturated carbocycles. The largest absolute Gasteiger partial charge is 0.497 e. The summed E-state index contributed by atoms with van der Waals surface area (Å²) in [7, 11) is 1.55. The van der Waals surface area contributed by atoms with E-state index in [9.17, 15) is 14.3 Å². The predicted octanol–water partition coefficient (Wildman–Crippen LogP) is 8.34. The van der Waals surface area contributed by atoms with Crippen LogP contribution in [0.3, 0.4) is 0 Å². The van der Waals surface area contributed by atoms with E-state index >= 15 is 4.39 Å². The fourth-order valence-electron chi connectivity index (χ4n) is 4.91. The number of carboxylic acid groups (broad SMARTS) is 1. The van der Waals surface area contributed by atoms with Crippen molar-refractivity contribution in [3.63, 3.8) is 0 Å². The van der Waals surface area contributed by atoms with Gasteiger partial charge in [-0.15, -0.1) is 0 Å². The molecule has 1 aliphatic rings. The van der Waals surface area contributed by atoms with Gasteiger partial charge in [-0.2, -0.15) is 0 Å². The van der Waals surface area contributed by atoms with E-state index in [-0.39, 0.29) is 47.8 Å². The highest BCUT2D eigenvalue weighted by Crippen LogP contribution is 2.46.